The van der Waals surface area contributed by atoms with Crippen molar-refractivity contribution in [2.45, 2.75) is 32.3 Å². The molecule has 0 bridgehead atoms. The third kappa shape index (κ3) is 5.33. The van der Waals surface area contributed by atoms with Crippen LogP contribution in [0.2, 0.25) is 0 Å². The highest BCUT2D eigenvalue weighted by Crippen LogP contribution is 2.22. The molecular formula is C17H24N2O4. The maximum Gasteiger partial charge on any atom is 0.251 e. The normalized spacial score (nSPS) is 17.8. The number of carbonyl (C=O) groups is 2. The minimum Gasteiger partial charge on any atom is -0.353 e. The lowest BCUT2D eigenvalue weighted by molar-refractivity contribution is -0.120. The maximum atomic E-state index is 12.0. The van der Waals surface area contributed by atoms with Gasteiger partial charge >= 0.3 is 0 Å². The molecule has 6 heteroatoms. The van der Waals surface area contributed by atoms with E-state index < -0.39 is 0 Å². The molecule has 1 aliphatic heterocycles. The lowest BCUT2D eigenvalue weighted by atomic mass is 9.87. The van der Waals surface area contributed by atoms with Gasteiger partial charge < -0.3 is 20.1 Å². The second-order valence-corrected chi connectivity index (χ2v) is 6.59. The van der Waals surface area contributed by atoms with Gasteiger partial charge in [-0.3, -0.25) is 9.59 Å². The summed E-state index contributed by atoms with van der Waals surface area (Å²) in [4.78, 5) is 23.7. The second kappa shape index (κ2) is 7.57. The molecule has 1 atom stereocenters. The molecule has 0 saturated carbocycles. The average molecular weight is 320 g/mol. The minimum absolute atomic E-state index is 0.0426. The summed E-state index contributed by atoms with van der Waals surface area (Å²) >= 11 is 0. The Kier molecular flexibility index (Phi) is 5.74. The van der Waals surface area contributed by atoms with Crippen molar-refractivity contribution in [3.05, 3.63) is 35.4 Å². The smallest absolute Gasteiger partial charge is 0.251 e. The number of rotatable bonds is 5. The van der Waals surface area contributed by atoms with Crippen molar-refractivity contribution in [2.24, 2.45) is 0 Å². The molecule has 0 aromatic heterocycles. The van der Waals surface area contributed by atoms with E-state index in [0.29, 0.717) is 18.7 Å². The van der Waals surface area contributed by atoms with Gasteiger partial charge in [-0.25, -0.2) is 0 Å². The van der Waals surface area contributed by atoms with Crippen molar-refractivity contribution in [1.29, 1.82) is 0 Å². The quantitative estimate of drug-likeness (QED) is 0.855. The van der Waals surface area contributed by atoms with Gasteiger partial charge in [0.2, 0.25) is 5.91 Å². The molecule has 23 heavy (non-hydrogen) atoms. The fourth-order valence-electron chi connectivity index (χ4n) is 2.16. The van der Waals surface area contributed by atoms with E-state index in [-0.39, 0.29) is 36.7 Å². The Morgan fingerprint density at radius 2 is 1.87 bits per heavy atom. The van der Waals surface area contributed by atoms with Crippen molar-refractivity contribution >= 4 is 11.8 Å². The van der Waals surface area contributed by atoms with Crippen LogP contribution in [0.5, 0.6) is 0 Å². The molecule has 126 valence electrons. The predicted octanol–water partition coefficient (Wildman–Crippen LogP) is 1.20. The van der Waals surface area contributed by atoms with Gasteiger partial charge in [0, 0.05) is 12.1 Å². The van der Waals surface area contributed by atoms with Gasteiger partial charge in [0.05, 0.1) is 13.2 Å². The van der Waals surface area contributed by atoms with Crippen LogP contribution in [0.3, 0.4) is 0 Å². The first-order chi connectivity index (χ1) is 10.9. The van der Waals surface area contributed by atoms with Crippen molar-refractivity contribution < 1.29 is 19.1 Å². The number of carbonyl (C=O) groups excluding carboxylic acids is 2. The number of benzene rings is 1. The third-order valence-corrected chi connectivity index (χ3v) is 3.64. The van der Waals surface area contributed by atoms with Crippen molar-refractivity contribution in [3.63, 3.8) is 0 Å². The van der Waals surface area contributed by atoms with E-state index in [1.54, 1.807) is 12.1 Å². The van der Waals surface area contributed by atoms with Crippen molar-refractivity contribution in [3.8, 4) is 0 Å². The molecule has 1 fully saturated rings. The van der Waals surface area contributed by atoms with E-state index >= 15 is 0 Å². The van der Waals surface area contributed by atoms with Gasteiger partial charge in [-0.15, -0.1) is 0 Å². The number of ether oxygens (including phenoxy) is 2. The molecule has 1 aliphatic rings. The van der Waals surface area contributed by atoms with Crippen LogP contribution in [0.25, 0.3) is 0 Å². The van der Waals surface area contributed by atoms with Crippen LogP contribution < -0.4 is 10.6 Å². The summed E-state index contributed by atoms with van der Waals surface area (Å²) in [5.41, 5.74) is 1.74. The van der Waals surface area contributed by atoms with Crippen LogP contribution in [-0.2, 0) is 19.7 Å². The van der Waals surface area contributed by atoms with Crippen molar-refractivity contribution in [2.75, 3.05) is 26.5 Å². The maximum absolute atomic E-state index is 12.0. The molecule has 1 aromatic carbocycles. The molecule has 2 rings (SSSR count). The summed E-state index contributed by atoms with van der Waals surface area (Å²) in [6.07, 6.45) is -0.111. The number of hydrogen-bond acceptors (Lipinski definition) is 4. The monoisotopic (exact) mass is 320 g/mol. The Balaban J connectivity index is 1.76. The highest BCUT2D eigenvalue weighted by atomic mass is 16.7. The molecule has 1 aromatic rings. The molecule has 0 aliphatic carbocycles. The Hall–Kier alpha value is -1.92. The minimum atomic E-state index is -0.263. The standard InChI is InChI=1S/C17H24N2O4/c1-17(2,3)13-6-4-12(5-7-13)16(21)19-9-15(20)18-8-14-10-22-11-23-14/h4-7,14H,8-11H2,1-3H3,(H,18,20)(H,19,21). The van der Waals surface area contributed by atoms with Crippen LogP contribution >= 0.6 is 0 Å². The lowest BCUT2D eigenvalue weighted by Crippen LogP contribution is -2.40. The van der Waals surface area contributed by atoms with E-state index in [9.17, 15) is 9.59 Å². The summed E-state index contributed by atoms with van der Waals surface area (Å²) in [7, 11) is 0. The predicted molar refractivity (Wildman–Crippen MR) is 86.2 cm³/mol. The van der Waals surface area contributed by atoms with Crippen LogP contribution in [-0.4, -0.2) is 44.4 Å². The van der Waals surface area contributed by atoms with Crippen LogP contribution in [0.4, 0.5) is 0 Å². The second-order valence-electron chi connectivity index (χ2n) is 6.59. The first kappa shape index (κ1) is 17.4. The summed E-state index contributed by atoms with van der Waals surface area (Å²) in [5.74, 6) is -0.513. The molecular weight excluding hydrogens is 296 g/mol. The molecule has 1 unspecified atom stereocenters. The SMILES string of the molecule is CC(C)(C)c1ccc(C(=O)NCC(=O)NCC2COCO2)cc1. The number of amides is 2. The van der Waals surface area contributed by atoms with E-state index in [1.165, 1.54) is 0 Å². The topological polar surface area (TPSA) is 76.7 Å². The Morgan fingerprint density at radius 3 is 2.43 bits per heavy atom. The molecule has 0 radical (unpaired) electrons. The highest BCUT2D eigenvalue weighted by Gasteiger charge is 2.17. The zero-order chi connectivity index (χ0) is 16.9. The fraction of sp³-hybridized carbons (Fsp3) is 0.529. The zero-order valence-corrected chi connectivity index (χ0v) is 13.8. The van der Waals surface area contributed by atoms with Gasteiger partial charge in [0.15, 0.2) is 0 Å². The summed E-state index contributed by atoms with van der Waals surface area (Å²) in [6, 6.07) is 7.42. The fourth-order valence-corrected chi connectivity index (χ4v) is 2.16. The third-order valence-electron chi connectivity index (χ3n) is 3.64. The van der Waals surface area contributed by atoms with Gasteiger partial charge in [-0.1, -0.05) is 32.9 Å². The molecule has 0 spiro atoms. The van der Waals surface area contributed by atoms with Crippen molar-refractivity contribution in [1.82, 2.24) is 10.6 Å². The zero-order valence-electron chi connectivity index (χ0n) is 13.8. The van der Waals surface area contributed by atoms with E-state index in [1.807, 2.05) is 12.1 Å². The summed E-state index contributed by atoms with van der Waals surface area (Å²) in [6.45, 7) is 7.42. The van der Waals surface area contributed by atoms with Crippen LogP contribution in [0.15, 0.2) is 24.3 Å². The summed E-state index contributed by atoms with van der Waals surface area (Å²) in [5, 5.41) is 5.31. The van der Waals surface area contributed by atoms with Crippen LogP contribution in [0.1, 0.15) is 36.7 Å². The Bertz CT molecular complexity index is 543. The Labute approximate surface area is 136 Å². The largest absolute Gasteiger partial charge is 0.353 e. The molecule has 2 amide bonds. The van der Waals surface area contributed by atoms with Crippen LogP contribution in [0, 0.1) is 0 Å². The van der Waals surface area contributed by atoms with Gasteiger partial charge in [-0.05, 0) is 23.1 Å². The van der Waals surface area contributed by atoms with E-state index in [4.69, 9.17) is 9.47 Å². The molecule has 6 nitrogen and oxygen atoms in total. The molecule has 2 N–H and O–H groups in total. The van der Waals surface area contributed by atoms with E-state index in [2.05, 4.69) is 31.4 Å². The van der Waals surface area contributed by atoms with E-state index in [0.717, 1.165) is 5.56 Å². The first-order valence-corrected chi connectivity index (χ1v) is 7.71. The number of nitrogens with one attached hydrogen (secondary N) is 2. The molecule has 1 heterocycles. The Morgan fingerprint density at radius 1 is 1.17 bits per heavy atom. The van der Waals surface area contributed by atoms with Gasteiger partial charge in [0.25, 0.3) is 5.91 Å². The van der Waals surface area contributed by atoms with Gasteiger partial charge in [-0.2, -0.15) is 0 Å². The highest BCUT2D eigenvalue weighted by molar-refractivity contribution is 5.96. The number of hydrogen-bond donors (Lipinski definition) is 2. The summed E-state index contributed by atoms with van der Waals surface area (Å²) < 4.78 is 10.2. The van der Waals surface area contributed by atoms with Gasteiger partial charge in [0.1, 0.15) is 12.9 Å². The average Bonchev–Trinajstić information content (AvgIpc) is 3.03. The molecule has 1 saturated heterocycles. The lowest BCUT2D eigenvalue weighted by Gasteiger charge is -2.19. The first-order valence-electron chi connectivity index (χ1n) is 7.71.